The largest absolute Gasteiger partial charge is 0.389 e. The fourth-order valence-corrected chi connectivity index (χ4v) is 2.29. The zero-order chi connectivity index (χ0) is 9.97. The summed E-state index contributed by atoms with van der Waals surface area (Å²) >= 11 is 1.64. The number of aliphatic hydroxyl groups excluding tert-OH is 1. The summed E-state index contributed by atoms with van der Waals surface area (Å²) in [4.78, 5) is 6.30. The van der Waals surface area contributed by atoms with E-state index in [4.69, 9.17) is 4.74 Å². The van der Waals surface area contributed by atoms with Gasteiger partial charge in [-0.25, -0.2) is 4.98 Å². The minimum Gasteiger partial charge on any atom is -0.389 e. The molecule has 1 aromatic heterocycles. The third kappa shape index (κ3) is 2.12. The van der Waals surface area contributed by atoms with Gasteiger partial charge >= 0.3 is 0 Å². The molecule has 2 unspecified atom stereocenters. The number of nitrogens with zero attached hydrogens (tertiary/aromatic N) is 2. The zero-order valence-corrected chi connectivity index (χ0v) is 8.91. The second kappa shape index (κ2) is 4.35. The van der Waals surface area contributed by atoms with Crippen LogP contribution in [0.15, 0.2) is 11.6 Å². The number of ether oxygens (including phenoxy) is 1. The molecule has 78 valence electrons. The monoisotopic (exact) mass is 214 g/mol. The van der Waals surface area contributed by atoms with Crippen molar-refractivity contribution in [1.82, 2.24) is 9.88 Å². The molecule has 14 heavy (non-hydrogen) atoms. The van der Waals surface area contributed by atoms with E-state index < -0.39 is 0 Å². The number of hydrogen-bond acceptors (Lipinski definition) is 5. The third-order valence-corrected chi connectivity index (χ3v) is 3.22. The molecule has 0 spiro atoms. The van der Waals surface area contributed by atoms with Crippen molar-refractivity contribution >= 4 is 11.3 Å². The van der Waals surface area contributed by atoms with Crippen molar-refractivity contribution in [2.45, 2.75) is 18.7 Å². The minimum absolute atomic E-state index is 0.110. The van der Waals surface area contributed by atoms with Gasteiger partial charge in [0, 0.05) is 11.6 Å². The summed E-state index contributed by atoms with van der Waals surface area (Å²) in [6.07, 6.45) is 1.44. The molecule has 1 saturated heterocycles. The molecule has 1 aliphatic heterocycles. The Labute approximate surface area is 87.1 Å². The average Bonchev–Trinajstić information content (AvgIpc) is 2.75. The maximum atomic E-state index is 9.60. The van der Waals surface area contributed by atoms with Crippen molar-refractivity contribution in [2.75, 3.05) is 20.3 Å². The van der Waals surface area contributed by atoms with E-state index in [2.05, 4.69) is 9.88 Å². The van der Waals surface area contributed by atoms with Crippen molar-refractivity contribution in [1.29, 1.82) is 0 Å². The maximum Gasteiger partial charge on any atom is 0.107 e. The Morgan fingerprint density at radius 1 is 1.71 bits per heavy atom. The molecule has 4 nitrogen and oxygen atoms in total. The smallest absolute Gasteiger partial charge is 0.107 e. The van der Waals surface area contributed by atoms with Crippen LogP contribution in [-0.4, -0.2) is 47.4 Å². The zero-order valence-electron chi connectivity index (χ0n) is 8.09. The van der Waals surface area contributed by atoms with Crippen LogP contribution in [-0.2, 0) is 11.3 Å². The van der Waals surface area contributed by atoms with Gasteiger partial charge in [0.2, 0.25) is 0 Å². The normalized spacial score (nSPS) is 27.4. The van der Waals surface area contributed by atoms with Crippen LogP contribution in [0.4, 0.5) is 0 Å². The first-order valence-corrected chi connectivity index (χ1v) is 5.50. The first kappa shape index (κ1) is 10.0. The Kier molecular flexibility index (Phi) is 3.12. The van der Waals surface area contributed by atoms with Crippen molar-refractivity contribution in [3.05, 3.63) is 16.6 Å². The van der Waals surface area contributed by atoms with Crippen LogP contribution in [0.25, 0.3) is 0 Å². The van der Waals surface area contributed by atoms with E-state index in [0.29, 0.717) is 13.2 Å². The van der Waals surface area contributed by atoms with Gasteiger partial charge in [0.15, 0.2) is 0 Å². The van der Waals surface area contributed by atoms with Gasteiger partial charge in [-0.1, -0.05) is 0 Å². The molecular formula is C9H14N2O2S. The van der Waals surface area contributed by atoms with Crippen LogP contribution in [0, 0.1) is 0 Å². The summed E-state index contributed by atoms with van der Waals surface area (Å²) in [6.45, 7) is 1.85. The van der Waals surface area contributed by atoms with Gasteiger partial charge in [0.1, 0.15) is 5.01 Å². The molecule has 0 bridgehead atoms. The third-order valence-electron chi connectivity index (χ3n) is 2.46. The summed E-state index contributed by atoms with van der Waals surface area (Å²) in [7, 11) is 1.99. The molecule has 0 radical (unpaired) electrons. The highest BCUT2D eigenvalue weighted by atomic mass is 32.1. The van der Waals surface area contributed by atoms with E-state index in [1.165, 1.54) is 0 Å². The molecule has 0 aromatic carbocycles. The van der Waals surface area contributed by atoms with Gasteiger partial charge < -0.3 is 9.84 Å². The molecule has 1 aromatic rings. The number of rotatable bonds is 3. The highest BCUT2D eigenvalue weighted by molar-refractivity contribution is 7.09. The highest BCUT2D eigenvalue weighted by Gasteiger charge is 2.29. The lowest BCUT2D eigenvalue weighted by Gasteiger charge is -2.24. The van der Waals surface area contributed by atoms with Crippen molar-refractivity contribution < 1.29 is 9.84 Å². The van der Waals surface area contributed by atoms with E-state index in [0.717, 1.165) is 11.6 Å². The Morgan fingerprint density at radius 3 is 3.14 bits per heavy atom. The van der Waals surface area contributed by atoms with Gasteiger partial charge in [-0.2, -0.15) is 0 Å². The fraction of sp³-hybridized carbons (Fsp3) is 0.667. The molecule has 5 heteroatoms. The standard InChI is InChI=1S/C9H14N2O2S/c1-11(4-9-10-2-3-14-9)7-5-13-6-8(7)12/h2-3,7-8,12H,4-6H2,1H3. The van der Waals surface area contributed by atoms with Gasteiger partial charge in [-0.15, -0.1) is 11.3 Å². The molecule has 0 aliphatic carbocycles. The Morgan fingerprint density at radius 2 is 2.57 bits per heavy atom. The highest BCUT2D eigenvalue weighted by Crippen LogP contribution is 2.15. The Hall–Kier alpha value is -0.490. The van der Waals surface area contributed by atoms with Crippen LogP contribution in [0.2, 0.25) is 0 Å². The molecule has 2 atom stereocenters. The second-order valence-electron chi connectivity index (χ2n) is 3.51. The van der Waals surface area contributed by atoms with Gasteiger partial charge in [-0.3, -0.25) is 4.90 Å². The minimum atomic E-state index is -0.361. The molecule has 1 N–H and O–H groups in total. The molecule has 2 heterocycles. The number of thiazole rings is 1. The molecule has 1 aliphatic rings. The molecule has 2 rings (SSSR count). The summed E-state index contributed by atoms with van der Waals surface area (Å²) < 4.78 is 5.20. The van der Waals surface area contributed by atoms with Gasteiger partial charge in [-0.05, 0) is 7.05 Å². The lowest BCUT2D eigenvalue weighted by atomic mass is 10.2. The predicted octanol–water partition coefficient (Wildman–Crippen LogP) is 0.335. The Balaban J connectivity index is 1.92. The number of hydrogen-bond donors (Lipinski definition) is 1. The summed E-state index contributed by atoms with van der Waals surface area (Å²) in [6, 6.07) is 0.110. The SMILES string of the molecule is CN(Cc1nccs1)C1COCC1O. The van der Waals surface area contributed by atoms with Crippen LogP contribution in [0.3, 0.4) is 0 Å². The second-order valence-corrected chi connectivity index (χ2v) is 4.49. The van der Waals surface area contributed by atoms with E-state index in [1.54, 1.807) is 17.5 Å². The number of aliphatic hydroxyl groups is 1. The first-order chi connectivity index (χ1) is 6.77. The van der Waals surface area contributed by atoms with E-state index in [1.807, 2.05) is 12.4 Å². The lowest BCUT2D eigenvalue weighted by molar-refractivity contribution is 0.0925. The van der Waals surface area contributed by atoms with Crippen molar-refractivity contribution in [3.63, 3.8) is 0 Å². The topological polar surface area (TPSA) is 45.6 Å². The molecule has 1 fully saturated rings. The Bertz CT molecular complexity index is 278. The average molecular weight is 214 g/mol. The van der Waals surface area contributed by atoms with Crippen molar-refractivity contribution in [2.24, 2.45) is 0 Å². The van der Waals surface area contributed by atoms with E-state index in [-0.39, 0.29) is 12.1 Å². The van der Waals surface area contributed by atoms with Crippen LogP contribution in [0.5, 0.6) is 0 Å². The molecule has 0 saturated carbocycles. The van der Waals surface area contributed by atoms with E-state index in [9.17, 15) is 5.11 Å². The van der Waals surface area contributed by atoms with Crippen LogP contribution < -0.4 is 0 Å². The summed E-state index contributed by atoms with van der Waals surface area (Å²) in [5.74, 6) is 0. The van der Waals surface area contributed by atoms with E-state index >= 15 is 0 Å². The first-order valence-electron chi connectivity index (χ1n) is 4.62. The molecule has 0 amide bonds. The summed E-state index contributed by atoms with van der Waals surface area (Å²) in [5, 5.41) is 12.6. The lowest BCUT2D eigenvalue weighted by Crippen LogP contribution is -2.39. The van der Waals surface area contributed by atoms with Crippen LogP contribution >= 0.6 is 11.3 Å². The molecular weight excluding hydrogens is 200 g/mol. The van der Waals surface area contributed by atoms with Crippen LogP contribution in [0.1, 0.15) is 5.01 Å². The predicted molar refractivity (Wildman–Crippen MR) is 54.2 cm³/mol. The fourth-order valence-electron chi connectivity index (χ4n) is 1.61. The summed E-state index contributed by atoms with van der Waals surface area (Å²) in [5.41, 5.74) is 0. The maximum absolute atomic E-state index is 9.60. The number of aromatic nitrogens is 1. The van der Waals surface area contributed by atoms with Crippen molar-refractivity contribution in [3.8, 4) is 0 Å². The quantitative estimate of drug-likeness (QED) is 0.788. The van der Waals surface area contributed by atoms with Gasteiger partial charge in [0.25, 0.3) is 0 Å². The van der Waals surface area contributed by atoms with Gasteiger partial charge in [0.05, 0.1) is 31.9 Å². The number of likely N-dealkylation sites (N-methyl/N-ethyl adjacent to an activating group) is 1.